The van der Waals surface area contributed by atoms with Crippen LogP contribution in [0.3, 0.4) is 0 Å². The highest BCUT2D eigenvalue weighted by Crippen LogP contribution is 2.25. The minimum Gasteiger partial charge on any atom is -0.497 e. The third kappa shape index (κ3) is 4.92. The molecule has 2 aromatic heterocycles. The zero-order valence-corrected chi connectivity index (χ0v) is 20.9. The molecule has 0 saturated carbocycles. The van der Waals surface area contributed by atoms with Crippen molar-refractivity contribution in [1.29, 1.82) is 0 Å². The number of ether oxygens (including phenoxy) is 2. The van der Waals surface area contributed by atoms with Crippen molar-refractivity contribution in [2.75, 3.05) is 40.0 Å². The van der Waals surface area contributed by atoms with Gasteiger partial charge in [-0.05, 0) is 53.9 Å². The van der Waals surface area contributed by atoms with Gasteiger partial charge in [0, 0.05) is 56.3 Å². The molecule has 4 heterocycles. The van der Waals surface area contributed by atoms with Gasteiger partial charge in [-0.25, -0.2) is 0 Å². The summed E-state index contributed by atoms with van der Waals surface area (Å²) in [7, 11) is 1.64. The molecule has 1 unspecified atom stereocenters. The molecule has 2 aliphatic rings. The molecule has 1 atom stereocenters. The molecule has 0 radical (unpaired) electrons. The second kappa shape index (κ2) is 10.6. The minimum absolute atomic E-state index is 0.0377. The van der Waals surface area contributed by atoms with Gasteiger partial charge in [-0.1, -0.05) is 12.1 Å². The molecular formula is C28H32N4O4. The van der Waals surface area contributed by atoms with E-state index in [1.54, 1.807) is 19.5 Å². The Balaban J connectivity index is 1.50. The van der Waals surface area contributed by atoms with Crippen molar-refractivity contribution >= 4 is 5.91 Å². The lowest BCUT2D eigenvalue weighted by atomic mass is 9.98. The summed E-state index contributed by atoms with van der Waals surface area (Å²) in [6, 6.07) is 13.3. The number of hydrogen-bond donors (Lipinski definition) is 0. The Morgan fingerprint density at radius 3 is 2.64 bits per heavy atom. The van der Waals surface area contributed by atoms with Gasteiger partial charge in [0.2, 0.25) is 5.91 Å². The van der Waals surface area contributed by atoms with Gasteiger partial charge >= 0.3 is 0 Å². The SMILES string of the molecule is COc1cccc(Cn2c3c(cc(-c4ccncc4)c2=O)CN(C(=O)C(C)N2CCOCC2)CC3)c1. The maximum Gasteiger partial charge on any atom is 0.258 e. The highest BCUT2D eigenvalue weighted by atomic mass is 16.5. The molecule has 2 aliphatic heterocycles. The summed E-state index contributed by atoms with van der Waals surface area (Å²) < 4.78 is 12.7. The molecule has 1 aromatic carbocycles. The monoisotopic (exact) mass is 488 g/mol. The van der Waals surface area contributed by atoms with E-state index < -0.39 is 0 Å². The fraction of sp³-hybridized carbons (Fsp3) is 0.393. The van der Waals surface area contributed by atoms with E-state index in [0.29, 0.717) is 44.8 Å². The fourth-order valence-corrected chi connectivity index (χ4v) is 5.15. The Bertz CT molecular complexity index is 1280. The lowest BCUT2D eigenvalue weighted by molar-refractivity contribution is -0.139. The molecule has 1 saturated heterocycles. The molecule has 36 heavy (non-hydrogen) atoms. The average Bonchev–Trinajstić information content (AvgIpc) is 2.94. The summed E-state index contributed by atoms with van der Waals surface area (Å²) in [4.78, 5) is 35.4. The second-order valence-electron chi connectivity index (χ2n) is 9.34. The summed E-state index contributed by atoms with van der Waals surface area (Å²) in [6.45, 7) is 6.35. The highest BCUT2D eigenvalue weighted by Gasteiger charge is 2.31. The van der Waals surface area contributed by atoms with Crippen molar-refractivity contribution in [3.63, 3.8) is 0 Å². The van der Waals surface area contributed by atoms with Crippen LogP contribution < -0.4 is 10.3 Å². The number of nitrogens with zero attached hydrogens (tertiary/aromatic N) is 4. The number of morpholine rings is 1. The standard InChI is InChI=1S/C28H32N4O4/c1-20(30-12-14-36-15-13-30)27(33)31-11-8-26-23(19-31)17-25(22-6-9-29-10-7-22)28(34)32(26)18-21-4-3-5-24(16-21)35-2/h3-7,9-10,16-17,20H,8,11-15,18-19H2,1-2H3. The molecule has 1 amide bonds. The van der Waals surface area contributed by atoms with Gasteiger partial charge in [0.15, 0.2) is 0 Å². The predicted molar refractivity (Wildman–Crippen MR) is 137 cm³/mol. The molecule has 5 rings (SSSR count). The normalized spacial score (nSPS) is 16.9. The smallest absolute Gasteiger partial charge is 0.258 e. The van der Waals surface area contributed by atoms with Gasteiger partial charge in [-0.15, -0.1) is 0 Å². The summed E-state index contributed by atoms with van der Waals surface area (Å²) in [5.74, 6) is 0.882. The van der Waals surface area contributed by atoms with Crippen molar-refractivity contribution in [2.24, 2.45) is 0 Å². The van der Waals surface area contributed by atoms with Crippen molar-refractivity contribution in [3.05, 3.63) is 82.0 Å². The van der Waals surface area contributed by atoms with Crippen LogP contribution in [0.5, 0.6) is 5.75 Å². The van der Waals surface area contributed by atoms with Gasteiger partial charge < -0.3 is 18.9 Å². The number of rotatable bonds is 6. The molecule has 3 aromatic rings. The van der Waals surface area contributed by atoms with Crippen LogP contribution in [0, 0.1) is 0 Å². The average molecular weight is 489 g/mol. The first-order valence-electron chi connectivity index (χ1n) is 12.4. The van der Waals surface area contributed by atoms with Crippen LogP contribution in [0.4, 0.5) is 0 Å². The van der Waals surface area contributed by atoms with E-state index in [0.717, 1.165) is 41.2 Å². The first-order valence-corrected chi connectivity index (χ1v) is 12.4. The summed E-state index contributed by atoms with van der Waals surface area (Å²) >= 11 is 0. The number of aromatic nitrogens is 2. The van der Waals surface area contributed by atoms with Crippen LogP contribution >= 0.6 is 0 Å². The van der Waals surface area contributed by atoms with Crippen LogP contribution in [0.1, 0.15) is 23.7 Å². The molecule has 0 aliphatic carbocycles. The van der Waals surface area contributed by atoms with E-state index in [4.69, 9.17) is 9.47 Å². The molecule has 188 valence electrons. The zero-order valence-electron chi connectivity index (χ0n) is 20.9. The third-order valence-corrected chi connectivity index (χ3v) is 7.20. The minimum atomic E-state index is -0.196. The van der Waals surface area contributed by atoms with E-state index in [9.17, 15) is 9.59 Å². The Hall–Kier alpha value is -3.49. The number of carbonyl (C=O) groups is 1. The van der Waals surface area contributed by atoms with Gasteiger partial charge in [0.25, 0.3) is 5.56 Å². The van der Waals surface area contributed by atoms with E-state index >= 15 is 0 Å². The third-order valence-electron chi connectivity index (χ3n) is 7.20. The lowest BCUT2D eigenvalue weighted by Gasteiger charge is -2.37. The quantitative estimate of drug-likeness (QED) is 0.531. The number of carbonyl (C=O) groups excluding carboxylic acids is 1. The molecule has 0 N–H and O–H groups in total. The second-order valence-corrected chi connectivity index (χ2v) is 9.34. The van der Waals surface area contributed by atoms with Crippen molar-refractivity contribution in [2.45, 2.75) is 32.5 Å². The topological polar surface area (TPSA) is 76.9 Å². The van der Waals surface area contributed by atoms with E-state index in [2.05, 4.69) is 9.88 Å². The number of hydrogen-bond acceptors (Lipinski definition) is 6. The van der Waals surface area contributed by atoms with Crippen LogP contribution in [0.15, 0.2) is 59.7 Å². The molecule has 0 spiro atoms. The first-order chi connectivity index (χ1) is 17.5. The van der Waals surface area contributed by atoms with Crippen LogP contribution in [-0.2, 0) is 29.0 Å². The van der Waals surface area contributed by atoms with Gasteiger partial charge in [0.05, 0.1) is 32.9 Å². The molecule has 0 bridgehead atoms. The summed E-state index contributed by atoms with van der Waals surface area (Å²) in [5.41, 5.74) is 4.40. The Morgan fingerprint density at radius 2 is 1.89 bits per heavy atom. The number of fused-ring (bicyclic) bond motifs is 1. The van der Waals surface area contributed by atoms with Crippen molar-refractivity contribution < 1.29 is 14.3 Å². The summed E-state index contributed by atoms with van der Waals surface area (Å²) in [6.07, 6.45) is 4.02. The van der Waals surface area contributed by atoms with Crippen LogP contribution in [0.2, 0.25) is 0 Å². The maximum atomic E-state index is 13.7. The Labute approximate surface area is 211 Å². The van der Waals surface area contributed by atoms with E-state index in [1.165, 1.54) is 0 Å². The number of methoxy groups -OCH3 is 1. The van der Waals surface area contributed by atoms with Gasteiger partial charge in [-0.2, -0.15) is 0 Å². The Morgan fingerprint density at radius 1 is 1.11 bits per heavy atom. The van der Waals surface area contributed by atoms with Crippen molar-refractivity contribution in [3.8, 4) is 16.9 Å². The molecule has 8 heteroatoms. The van der Waals surface area contributed by atoms with Crippen LogP contribution in [0.25, 0.3) is 11.1 Å². The zero-order chi connectivity index (χ0) is 25.1. The molecule has 1 fully saturated rings. The highest BCUT2D eigenvalue weighted by molar-refractivity contribution is 5.82. The van der Waals surface area contributed by atoms with E-state index in [-0.39, 0.29) is 17.5 Å². The van der Waals surface area contributed by atoms with E-state index in [1.807, 2.05) is 58.9 Å². The van der Waals surface area contributed by atoms with Gasteiger partial charge in [-0.3, -0.25) is 19.5 Å². The van der Waals surface area contributed by atoms with Crippen LogP contribution in [-0.4, -0.2) is 71.3 Å². The molecular weight excluding hydrogens is 456 g/mol. The van der Waals surface area contributed by atoms with Gasteiger partial charge in [0.1, 0.15) is 5.75 Å². The number of pyridine rings is 2. The Kier molecular flexibility index (Phi) is 7.16. The largest absolute Gasteiger partial charge is 0.497 e. The lowest BCUT2D eigenvalue weighted by Crippen LogP contribution is -2.52. The fourth-order valence-electron chi connectivity index (χ4n) is 5.15. The number of amides is 1. The first kappa shape index (κ1) is 24.2. The molecule has 8 nitrogen and oxygen atoms in total. The number of benzene rings is 1. The maximum absolute atomic E-state index is 13.7. The van der Waals surface area contributed by atoms with Crippen molar-refractivity contribution in [1.82, 2.24) is 19.4 Å². The summed E-state index contributed by atoms with van der Waals surface area (Å²) in [5, 5.41) is 0. The predicted octanol–water partition coefficient (Wildman–Crippen LogP) is 2.57.